The van der Waals surface area contributed by atoms with E-state index in [1.165, 1.54) is 0 Å². The number of aliphatic hydroxyl groups is 1. The maximum absolute atomic E-state index is 8.97. The molecule has 0 aromatic carbocycles. The zero-order chi connectivity index (χ0) is 9.97. The molecule has 4 heteroatoms. The first-order chi connectivity index (χ1) is 6.85. The second kappa shape index (κ2) is 3.94. The van der Waals surface area contributed by atoms with Crippen molar-refractivity contribution in [2.24, 2.45) is 0 Å². The van der Waals surface area contributed by atoms with Crippen molar-refractivity contribution < 1.29 is 9.84 Å². The van der Waals surface area contributed by atoms with Gasteiger partial charge in [-0.25, -0.2) is 4.98 Å². The molecule has 1 aliphatic heterocycles. The zero-order valence-electron chi connectivity index (χ0n) is 8.16. The van der Waals surface area contributed by atoms with E-state index in [9.17, 15) is 0 Å². The van der Waals surface area contributed by atoms with Crippen LogP contribution < -0.4 is 10.1 Å². The highest BCUT2D eigenvalue weighted by atomic mass is 16.5. The van der Waals surface area contributed by atoms with E-state index in [4.69, 9.17) is 9.84 Å². The van der Waals surface area contributed by atoms with Crippen LogP contribution in [0.4, 0.5) is 0 Å². The molecule has 1 aromatic rings. The highest BCUT2D eigenvalue weighted by molar-refractivity contribution is 5.32. The van der Waals surface area contributed by atoms with Crippen LogP contribution in [0.25, 0.3) is 0 Å². The lowest BCUT2D eigenvalue weighted by Crippen LogP contribution is -2.36. The second-order valence-corrected chi connectivity index (χ2v) is 3.34. The summed E-state index contributed by atoms with van der Waals surface area (Å²) >= 11 is 0. The van der Waals surface area contributed by atoms with Crippen LogP contribution in [0.3, 0.4) is 0 Å². The molecule has 76 valence electrons. The van der Waals surface area contributed by atoms with Gasteiger partial charge >= 0.3 is 0 Å². The Hall–Kier alpha value is -1.13. The third-order valence-electron chi connectivity index (χ3n) is 2.48. The summed E-state index contributed by atoms with van der Waals surface area (Å²) in [5.74, 6) is 0.791. The summed E-state index contributed by atoms with van der Waals surface area (Å²) in [5, 5.41) is 12.2. The second-order valence-electron chi connectivity index (χ2n) is 3.34. The van der Waals surface area contributed by atoms with Crippen molar-refractivity contribution in [3.63, 3.8) is 0 Å². The third kappa shape index (κ3) is 1.58. The molecule has 0 saturated carbocycles. The van der Waals surface area contributed by atoms with Gasteiger partial charge in [0.2, 0.25) is 0 Å². The van der Waals surface area contributed by atoms with Gasteiger partial charge in [-0.1, -0.05) is 0 Å². The summed E-state index contributed by atoms with van der Waals surface area (Å²) in [4.78, 5) is 4.35. The molecular weight excluding hydrogens is 180 g/mol. The fraction of sp³-hybridized carbons (Fsp3) is 0.500. The number of pyridine rings is 1. The fourth-order valence-electron chi connectivity index (χ4n) is 1.54. The fourth-order valence-corrected chi connectivity index (χ4v) is 1.54. The molecule has 2 heterocycles. The monoisotopic (exact) mass is 194 g/mol. The number of nitrogens with zero attached hydrogens (tertiary/aromatic N) is 1. The van der Waals surface area contributed by atoms with Crippen LogP contribution in [0.15, 0.2) is 12.1 Å². The first kappa shape index (κ1) is 9.43. The molecule has 1 aromatic heterocycles. The minimum absolute atomic E-state index is 0.0241. The molecule has 2 rings (SSSR count). The minimum Gasteiger partial charge on any atom is -0.495 e. The van der Waals surface area contributed by atoms with Gasteiger partial charge in [0.1, 0.15) is 5.75 Å². The van der Waals surface area contributed by atoms with E-state index >= 15 is 0 Å². The van der Waals surface area contributed by atoms with Crippen molar-refractivity contribution in [1.29, 1.82) is 0 Å². The van der Waals surface area contributed by atoms with Gasteiger partial charge in [-0.05, 0) is 25.1 Å². The number of hydrogen-bond donors (Lipinski definition) is 2. The molecular formula is C10H14N2O2. The van der Waals surface area contributed by atoms with Crippen LogP contribution >= 0.6 is 0 Å². The SMILES string of the molecule is COc1ccc(CO)nc1[C@@H]1CCN1. The van der Waals surface area contributed by atoms with Crippen LogP contribution in [0, 0.1) is 0 Å². The summed E-state index contributed by atoms with van der Waals surface area (Å²) in [5.41, 5.74) is 1.60. The molecule has 0 radical (unpaired) electrons. The first-order valence-corrected chi connectivity index (χ1v) is 4.73. The molecule has 2 N–H and O–H groups in total. The number of aliphatic hydroxyl groups excluding tert-OH is 1. The van der Waals surface area contributed by atoms with Gasteiger partial charge in [-0.3, -0.25) is 0 Å². The quantitative estimate of drug-likeness (QED) is 0.740. The molecule has 0 spiro atoms. The molecule has 1 aliphatic rings. The van der Waals surface area contributed by atoms with Crippen LogP contribution in [0.1, 0.15) is 23.9 Å². The van der Waals surface area contributed by atoms with Crippen molar-refractivity contribution >= 4 is 0 Å². The minimum atomic E-state index is -0.0241. The van der Waals surface area contributed by atoms with Crippen LogP contribution in [0.2, 0.25) is 0 Å². The summed E-state index contributed by atoms with van der Waals surface area (Å²) in [6.07, 6.45) is 1.08. The molecule has 0 amide bonds. The Morgan fingerprint density at radius 2 is 2.43 bits per heavy atom. The lowest BCUT2D eigenvalue weighted by atomic mass is 10.0. The van der Waals surface area contributed by atoms with Gasteiger partial charge < -0.3 is 15.2 Å². The van der Waals surface area contributed by atoms with Crippen molar-refractivity contribution in [2.45, 2.75) is 19.1 Å². The number of nitrogens with one attached hydrogen (secondary N) is 1. The lowest BCUT2D eigenvalue weighted by molar-refractivity contribution is 0.273. The van der Waals surface area contributed by atoms with Crippen LogP contribution in [-0.2, 0) is 6.61 Å². The molecule has 0 aliphatic carbocycles. The summed E-state index contributed by atoms with van der Waals surface area (Å²) in [7, 11) is 1.64. The number of hydrogen-bond acceptors (Lipinski definition) is 4. The standard InChI is InChI=1S/C10H14N2O2/c1-14-9-3-2-7(6-13)12-10(9)8-4-5-11-8/h2-3,8,11,13H,4-6H2,1H3/t8-/m0/s1. The summed E-state index contributed by atoms with van der Waals surface area (Å²) < 4.78 is 5.22. The van der Waals surface area contributed by atoms with Gasteiger partial charge in [0.25, 0.3) is 0 Å². The van der Waals surface area contributed by atoms with Crippen molar-refractivity contribution in [1.82, 2.24) is 10.3 Å². The predicted octanol–water partition coefficient (Wildman–Crippen LogP) is 0.617. The number of methoxy groups -OCH3 is 1. The Kier molecular flexibility index (Phi) is 2.65. The lowest BCUT2D eigenvalue weighted by Gasteiger charge is -2.28. The highest BCUT2D eigenvalue weighted by Gasteiger charge is 2.23. The van der Waals surface area contributed by atoms with Crippen molar-refractivity contribution in [2.75, 3.05) is 13.7 Å². The smallest absolute Gasteiger partial charge is 0.142 e. The van der Waals surface area contributed by atoms with Gasteiger partial charge in [0.15, 0.2) is 0 Å². The Balaban J connectivity index is 2.31. The van der Waals surface area contributed by atoms with Crippen LogP contribution in [-0.4, -0.2) is 23.7 Å². The van der Waals surface area contributed by atoms with Crippen molar-refractivity contribution in [3.8, 4) is 5.75 Å². The molecule has 4 nitrogen and oxygen atoms in total. The Labute approximate surface area is 82.9 Å². The molecule has 0 unspecified atom stereocenters. The summed E-state index contributed by atoms with van der Waals surface area (Å²) in [6, 6.07) is 3.92. The average Bonchev–Trinajstić information content (AvgIpc) is 2.15. The average molecular weight is 194 g/mol. The third-order valence-corrected chi connectivity index (χ3v) is 2.48. The highest BCUT2D eigenvalue weighted by Crippen LogP contribution is 2.29. The summed E-state index contributed by atoms with van der Waals surface area (Å²) in [6.45, 7) is 1.00. The molecule has 1 fully saturated rings. The number of rotatable bonds is 3. The number of ether oxygens (including phenoxy) is 1. The largest absolute Gasteiger partial charge is 0.495 e. The molecule has 1 saturated heterocycles. The predicted molar refractivity (Wildman–Crippen MR) is 52.1 cm³/mol. The maximum atomic E-state index is 8.97. The van der Waals surface area contributed by atoms with Gasteiger partial charge in [-0.2, -0.15) is 0 Å². The van der Waals surface area contributed by atoms with Crippen LogP contribution in [0.5, 0.6) is 5.75 Å². The van der Waals surface area contributed by atoms with E-state index in [2.05, 4.69) is 10.3 Å². The van der Waals surface area contributed by atoms with Gasteiger partial charge in [-0.15, -0.1) is 0 Å². The zero-order valence-corrected chi connectivity index (χ0v) is 8.16. The van der Waals surface area contributed by atoms with E-state index in [0.717, 1.165) is 24.4 Å². The molecule has 1 atom stereocenters. The normalized spacial score (nSPS) is 20.3. The molecule has 14 heavy (non-hydrogen) atoms. The Morgan fingerprint density at radius 1 is 1.64 bits per heavy atom. The molecule has 0 bridgehead atoms. The Bertz CT molecular complexity index is 324. The van der Waals surface area contributed by atoms with Gasteiger partial charge in [0, 0.05) is 0 Å². The topological polar surface area (TPSA) is 54.4 Å². The van der Waals surface area contributed by atoms with E-state index in [1.54, 1.807) is 13.2 Å². The first-order valence-electron chi connectivity index (χ1n) is 4.73. The maximum Gasteiger partial charge on any atom is 0.142 e. The van der Waals surface area contributed by atoms with E-state index in [-0.39, 0.29) is 12.6 Å². The van der Waals surface area contributed by atoms with Crippen molar-refractivity contribution in [3.05, 3.63) is 23.5 Å². The number of aromatic nitrogens is 1. The Morgan fingerprint density at radius 3 is 2.93 bits per heavy atom. The van der Waals surface area contributed by atoms with E-state index in [1.807, 2.05) is 6.07 Å². The van der Waals surface area contributed by atoms with E-state index < -0.39 is 0 Å². The van der Waals surface area contributed by atoms with E-state index in [0.29, 0.717) is 5.69 Å². The van der Waals surface area contributed by atoms with Gasteiger partial charge in [0.05, 0.1) is 31.1 Å².